The van der Waals surface area contributed by atoms with Crippen molar-refractivity contribution in [2.45, 2.75) is 0 Å². The average Bonchev–Trinajstić information content (AvgIpc) is 1.80. The summed E-state index contributed by atoms with van der Waals surface area (Å²) in [5.74, 6) is 0. The maximum absolute atomic E-state index is 10.6. The molecule has 50 valence electrons. The zero-order chi connectivity index (χ0) is 6.85. The normalized spacial score (nSPS) is 8.60. The van der Waals surface area contributed by atoms with Gasteiger partial charge >= 0.3 is 29.6 Å². The molecule has 0 bridgehead atoms. The molecule has 0 saturated carbocycles. The Kier molecular flexibility index (Phi) is 4.65. The molecule has 0 unspecified atom stereocenters. The predicted octanol–water partition coefficient (Wildman–Crippen LogP) is -1.20. The summed E-state index contributed by atoms with van der Waals surface area (Å²) in [6.07, 6.45) is 0. The van der Waals surface area contributed by atoms with Gasteiger partial charge in [0, 0.05) is 0 Å². The minimum absolute atomic E-state index is 0. The van der Waals surface area contributed by atoms with Crippen LogP contribution < -0.4 is 35.1 Å². The SMILES string of the molecule is O=c1[nH]c(Cl)ccc1Cl.[H-].[Na+]. The Morgan fingerprint density at radius 3 is 2.40 bits per heavy atom. The summed E-state index contributed by atoms with van der Waals surface area (Å²) >= 11 is 10.8. The van der Waals surface area contributed by atoms with Crippen LogP contribution in [0, 0.1) is 0 Å². The molecule has 0 aliphatic heterocycles. The summed E-state index contributed by atoms with van der Waals surface area (Å²) < 4.78 is 0. The van der Waals surface area contributed by atoms with Gasteiger partial charge in [0.2, 0.25) is 0 Å². The van der Waals surface area contributed by atoms with E-state index in [1.54, 1.807) is 0 Å². The number of aromatic nitrogens is 1. The first-order valence-electron chi connectivity index (χ1n) is 2.24. The number of hydrogen-bond acceptors (Lipinski definition) is 1. The fourth-order valence-electron chi connectivity index (χ4n) is 0.432. The average molecular weight is 188 g/mol. The predicted molar refractivity (Wildman–Crippen MR) is 38.2 cm³/mol. The molecule has 0 aliphatic carbocycles. The third kappa shape index (κ3) is 2.64. The second kappa shape index (κ2) is 4.42. The number of nitrogens with one attached hydrogen (secondary N) is 1. The fraction of sp³-hybridized carbons (Fsp3) is 0. The molecule has 0 atom stereocenters. The molecule has 1 aromatic heterocycles. The van der Waals surface area contributed by atoms with Gasteiger partial charge in [0.05, 0.1) is 0 Å². The number of rotatable bonds is 0. The van der Waals surface area contributed by atoms with Gasteiger partial charge in [-0.15, -0.1) is 0 Å². The molecule has 1 rings (SSSR count). The van der Waals surface area contributed by atoms with Crippen LogP contribution in [0.3, 0.4) is 0 Å². The van der Waals surface area contributed by atoms with Crippen molar-refractivity contribution >= 4 is 23.2 Å². The molecule has 5 heteroatoms. The van der Waals surface area contributed by atoms with E-state index in [1.807, 2.05) is 0 Å². The number of halogens is 2. The zero-order valence-electron chi connectivity index (χ0n) is 6.32. The fourth-order valence-corrected chi connectivity index (χ4v) is 0.691. The Bertz CT molecular complexity index is 277. The summed E-state index contributed by atoms with van der Waals surface area (Å²) in [5.41, 5.74) is -0.357. The molecule has 1 aromatic rings. The molecule has 0 amide bonds. The van der Waals surface area contributed by atoms with E-state index in [9.17, 15) is 4.79 Å². The first-order valence-corrected chi connectivity index (χ1v) is 3.00. The van der Waals surface area contributed by atoms with Gasteiger partial charge < -0.3 is 6.41 Å². The summed E-state index contributed by atoms with van der Waals surface area (Å²) in [7, 11) is 0. The molecule has 0 radical (unpaired) electrons. The number of hydrogen-bond donors (Lipinski definition) is 1. The monoisotopic (exact) mass is 187 g/mol. The van der Waals surface area contributed by atoms with Crippen molar-refractivity contribution in [2.75, 3.05) is 0 Å². The van der Waals surface area contributed by atoms with Gasteiger partial charge in [0.1, 0.15) is 10.2 Å². The van der Waals surface area contributed by atoms with Gasteiger partial charge in [0.15, 0.2) is 0 Å². The summed E-state index contributed by atoms with van der Waals surface area (Å²) in [5, 5.41) is 0.448. The zero-order valence-corrected chi connectivity index (χ0v) is 8.83. The van der Waals surface area contributed by atoms with Crippen LogP contribution in [0.4, 0.5) is 0 Å². The molecule has 10 heavy (non-hydrogen) atoms. The quantitative estimate of drug-likeness (QED) is 0.402. The topological polar surface area (TPSA) is 32.9 Å². The van der Waals surface area contributed by atoms with Crippen LogP contribution in [0.15, 0.2) is 16.9 Å². The molecule has 2 nitrogen and oxygen atoms in total. The van der Waals surface area contributed by atoms with Crippen LogP contribution >= 0.6 is 23.2 Å². The van der Waals surface area contributed by atoms with Crippen molar-refractivity contribution in [3.8, 4) is 0 Å². The van der Waals surface area contributed by atoms with Gasteiger partial charge in [-0.05, 0) is 12.1 Å². The molecule has 0 saturated heterocycles. The van der Waals surface area contributed by atoms with E-state index in [0.717, 1.165) is 0 Å². The van der Waals surface area contributed by atoms with Crippen LogP contribution in [0.2, 0.25) is 10.2 Å². The second-order valence-electron chi connectivity index (χ2n) is 1.48. The Balaban J connectivity index is 0. The van der Waals surface area contributed by atoms with Gasteiger partial charge in [-0.1, -0.05) is 23.2 Å². The minimum Gasteiger partial charge on any atom is -1.00 e. The van der Waals surface area contributed by atoms with Crippen molar-refractivity contribution in [3.05, 3.63) is 32.7 Å². The summed E-state index contributed by atoms with van der Waals surface area (Å²) in [4.78, 5) is 12.9. The Hall–Kier alpha value is 0.530. The maximum atomic E-state index is 10.6. The van der Waals surface area contributed by atoms with Crippen molar-refractivity contribution in [1.82, 2.24) is 4.98 Å². The van der Waals surface area contributed by atoms with Crippen molar-refractivity contribution in [1.29, 1.82) is 0 Å². The molecule has 0 spiro atoms. The molecule has 0 fully saturated rings. The van der Waals surface area contributed by atoms with Crippen LogP contribution in [0.25, 0.3) is 0 Å². The van der Waals surface area contributed by atoms with Gasteiger partial charge in [0.25, 0.3) is 5.56 Å². The third-order valence-corrected chi connectivity index (χ3v) is 1.34. The smallest absolute Gasteiger partial charge is 1.00 e. The molecule has 0 aliphatic rings. The molecular formula is C5H4Cl2NNaO. The molecule has 0 aromatic carbocycles. The number of pyridine rings is 1. The van der Waals surface area contributed by atoms with E-state index in [0.29, 0.717) is 5.15 Å². The maximum Gasteiger partial charge on any atom is 1.00 e. The van der Waals surface area contributed by atoms with E-state index in [1.165, 1.54) is 12.1 Å². The van der Waals surface area contributed by atoms with Gasteiger partial charge in [-0.2, -0.15) is 0 Å². The van der Waals surface area contributed by atoms with Gasteiger partial charge in [-0.25, -0.2) is 0 Å². The second-order valence-corrected chi connectivity index (χ2v) is 2.30. The summed E-state index contributed by atoms with van der Waals surface area (Å²) in [6, 6.07) is 2.97. The van der Waals surface area contributed by atoms with Crippen LogP contribution in [-0.2, 0) is 0 Å². The molecular weight excluding hydrogens is 184 g/mol. The minimum atomic E-state index is -0.357. The first kappa shape index (κ1) is 10.5. The van der Waals surface area contributed by atoms with Gasteiger partial charge in [-0.3, -0.25) is 4.79 Å². The summed E-state index contributed by atoms with van der Waals surface area (Å²) in [6.45, 7) is 0. The van der Waals surface area contributed by atoms with E-state index in [-0.39, 0.29) is 41.6 Å². The Labute approximate surface area is 91.3 Å². The standard InChI is InChI=1S/C5H3Cl2NO.Na.H/c6-3-1-2-4(7)8-5(3)9;;/h1-2H,(H,8,9);;/q;+1;-1. The van der Waals surface area contributed by atoms with Crippen LogP contribution in [0.1, 0.15) is 1.43 Å². The van der Waals surface area contributed by atoms with E-state index < -0.39 is 0 Å². The van der Waals surface area contributed by atoms with E-state index in [2.05, 4.69) is 4.98 Å². The Morgan fingerprint density at radius 2 is 2.00 bits per heavy atom. The molecule has 1 heterocycles. The molecule has 1 N–H and O–H groups in total. The Morgan fingerprint density at radius 1 is 1.40 bits per heavy atom. The number of aromatic amines is 1. The van der Waals surface area contributed by atoms with Crippen molar-refractivity contribution in [3.63, 3.8) is 0 Å². The van der Waals surface area contributed by atoms with Crippen LogP contribution in [0.5, 0.6) is 0 Å². The third-order valence-electron chi connectivity index (χ3n) is 0.826. The van der Waals surface area contributed by atoms with E-state index in [4.69, 9.17) is 23.2 Å². The first-order chi connectivity index (χ1) is 4.20. The van der Waals surface area contributed by atoms with Crippen molar-refractivity contribution < 1.29 is 31.0 Å². The van der Waals surface area contributed by atoms with Crippen molar-refractivity contribution in [2.24, 2.45) is 0 Å². The van der Waals surface area contributed by atoms with E-state index >= 15 is 0 Å². The largest absolute Gasteiger partial charge is 1.00 e. The number of H-pyrrole nitrogens is 1. The van der Waals surface area contributed by atoms with Crippen LogP contribution in [-0.4, -0.2) is 4.98 Å².